The van der Waals surface area contributed by atoms with Gasteiger partial charge in [0, 0.05) is 32.2 Å². The van der Waals surface area contributed by atoms with Crippen LogP contribution in [-0.2, 0) is 9.59 Å². The Bertz CT molecular complexity index is 632. The fraction of sp³-hybridized carbons (Fsp3) is 0.619. The maximum Gasteiger partial charge on any atom is 0.243 e. The first-order valence-corrected chi connectivity index (χ1v) is 10.2. The van der Waals surface area contributed by atoms with Crippen LogP contribution >= 0.6 is 0 Å². The highest BCUT2D eigenvalue weighted by atomic mass is 16.2. The standard InChI is InChI=1S/C21H32N4O2/c1-16(17-7-9-19(10-8-17)18-5-3-2-4-6-18)24-11-13-25(14-12-24)21(27)15-20(26)23-22/h7-10,16,18H,2-6,11-15,22H2,1H3,(H,23,26). The van der Waals surface area contributed by atoms with Gasteiger partial charge in [-0.25, -0.2) is 5.84 Å². The number of amides is 2. The summed E-state index contributed by atoms with van der Waals surface area (Å²) in [5.74, 6) is 5.21. The topological polar surface area (TPSA) is 78.7 Å². The first kappa shape index (κ1) is 19.8. The van der Waals surface area contributed by atoms with Gasteiger partial charge in [0.2, 0.25) is 11.8 Å². The number of nitrogens with two attached hydrogens (primary N) is 1. The van der Waals surface area contributed by atoms with E-state index in [9.17, 15) is 9.59 Å². The van der Waals surface area contributed by atoms with Crippen molar-refractivity contribution in [1.82, 2.24) is 15.2 Å². The van der Waals surface area contributed by atoms with Crippen LogP contribution < -0.4 is 11.3 Å². The Morgan fingerprint density at radius 3 is 2.30 bits per heavy atom. The summed E-state index contributed by atoms with van der Waals surface area (Å²) in [6.45, 7) is 5.18. The molecule has 27 heavy (non-hydrogen) atoms. The molecule has 1 heterocycles. The lowest BCUT2D eigenvalue weighted by molar-refractivity contribution is -0.137. The third-order valence-corrected chi connectivity index (χ3v) is 6.18. The van der Waals surface area contributed by atoms with E-state index in [1.165, 1.54) is 43.2 Å². The number of carbonyl (C=O) groups is 2. The normalized spacial score (nSPS) is 20.3. The van der Waals surface area contributed by atoms with Gasteiger partial charge in [0.1, 0.15) is 6.42 Å². The van der Waals surface area contributed by atoms with Crippen molar-refractivity contribution in [2.75, 3.05) is 26.2 Å². The molecule has 1 aromatic carbocycles. The SMILES string of the molecule is CC(c1ccc(C2CCCCC2)cc1)N1CCN(C(=O)CC(=O)NN)CC1. The minimum atomic E-state index is -0.436. The summed E-state index contributed by atoms with van der Waals surface area (Å²) in [6.07, 6.45) is 6.59. The van der Waals surface area contributed by atoms with Crippen molar-refractivity contribution in [2.45, 2.75) is 57.4 Å². The predicted molar refractivity (Wildman–Crippen MR) is 106 cm³/mol. The van der Waals surface area contributed by atoms with E-state index < -0.39 is 5.91 Å². The lowest BCUT2D eigenvalue weighted by Gasteiger charge is -2.38. The Morgan fingerprint density at radius 2 is 1.70 bits per heavy atom. The third kappa shape index (κ3) is 5.08. The van der Waals surface area contributed by atoms with Crippen LogP contribution in [0.15, 0.2) is 24.3 Å². The number of nitrogens with zero attached hydrogens (tertiary/aromatic N) is 2. The number of hydrogen-bond donors (Lipinski definition) is 2. The van der Waals surface area contributed by atoms with Gasteiger partial charge in [0.15, 0.2) is 0 Å². The van der Waals surface area contributed by atoms with Crippen LogP contribution in [0.4, 0.5) is 0 Å². The lowest BCUT2D eigenvalue weighted by atomic mass is 9.83. The zero-order valence-corrected chi connectivity index (χ0v) is 16.3. The number of hydrogen-bond acceptors (Lipinski definition) is 4. The number of piperazine rings is 1. The van der Waals surface area contributed by atoms with Gasteiger partial charge in [-0.15, -0.1) is 0 Å². The number of hydrazine groups is 1. The summed E-state index contributed by atoms with van der Waals surface area (Å²) in [5.41, 5.74) is 4.83. The van der Waals surface area contributed by atoms with Crippen molar-refractivity contribution < 1.29 is 9.59 Å². The molecule has 0 bridgehead atoms. The molecule has 2 aliphatic rings. The van der Waals surface area contributed by atoms with Gasteiger partial charge in [0.05, 0.1) is 0 Å². The minimum absolute atomic E-state index is 0.151. The summed E-state index contributed by atoms with van der Waals surface area (Å²) in [7, 11) is 0. The second kappa shape index (κ2) is 9.33. The molecule has 3 rings (SSSR count). The highest BCUT2D eigenvalue weighted by molar-refractivity contribution is 5.96. The molecule has 1 aliphatic heterocycles. The van der Waals surface area contributed by atoms with Crippen LogP contribution in [0.5, 0.6) is 0 Å². The second-order valence-corrected chi connectivity index (χ2v) is 7.84. The Labute approximate surface area is 162 Å². The average molecular weight is 373 g/mol. The number of nitrogens with one attached hydrogen (secondary N) is 1. The van der Waals surface area contributed by atoms with Gasteiger partial charge < -0.3 is 4.90 Å². The Hall–Kier alpha value is -1.92. The number of rotatable bonds is 5. The van der Waals surface area contributed by atoms with Crippen LogP contribution in [0, 0.1) is 0 Å². The number of benzene rings is 1. The highest BCUT2D eigenvalue weighted by Crippen LogP contribution is 2.33. The van der Waals surface area contributed by atoms with Gasteiger partial charge in [-0.2, -0.15) is 0 Å². The van der Waals surface area contributed by atoms with Crippen LogP contribution in [-0.4, -0.2) is 47.8 Å². The van der Waals surface area contributed by atoms with Crippen molar-refractivity contribution >= 4 is 11.8 Å². The molecule has 2 fully saturated rings. The molecule has 1 saturated heterocycles. The quantitative estimate of drug-likeness (QED) is 0.360. The van der Waals surface area contributed by atoms with E-state index in [1.807, 2.05) is 5.43 Å². The van der Waals surface area contributed by atoms with Gasteiger partial charge in [-0.1, -0.05) is 43.5 Å². The van der Waals surface area contributed by atoms with Crippen LogP contribution in [0.2, 0.25) is 0 Å². The first-order chi connectivity index (χ1) is 13.1. The van der Waals surface area contributed by atoms with Crippen molar-refractivity contribution in [3.63, 3.8) is 0 Å². The number of carbonyl (C=O) groups excluding carboxylic acids is 2. The van der Waals surface area contributed by atoms with E-state index >= 15 is 0 Å². The highest BCUT2D eigenvalue weighted by Gasteiger charge is 2.26. The summed E-state index contributed by atoms with van der Waals surface area (Å²) >= 11 is 0. The smallest absolute Gasteiger partial charge is 0.243 e. The fourth-order valence-electron chi connectivity index (χ4n) is 4.35. The van der Waals surface area contributed by atoms with Crippen molar-refractivity contribution in [1.29, 1.82) is 0 Å². The molecule has 6 heteroatoms. The first-order valence-electron chi connectivity index (χ1n) is 10.2. The molecule has 0 spiro atoms. The van der Waals surface area contributed by atoms with E-state index in [-0.39, 0.29) is 12.3 Å². The zero-order valence-electron chi connectivity index (χ0n) is 16.3. The monoisotopic (exact) mass is 372 g/mol. The van der Waals surface area contributed by atoms with Crippen molar-refractivity contribution in [2.24, 2.45) is 5.84 Å². The molecular formula is C21H32N4O2. The van der Waals surface area contributed by atoms with Gasteiger partial charge in [0.25, 0.3) is 0 Å². The molecule has 1 aliphatic carbocycles. The van der Waals surface area contributed by atoms with Crippen molar-refractivity contribution in [3.8, 4) is 0 Å². The second-order valence-electron chi connectivity index (χ2n) is 7.84. The Morgan fingerprint density at radius 1 is 1.07 bits per heavy atom. The fourth-order valence-corrected chi connectivity index (χ4v) is 4.35. The predicted octanol–water partition coefficient (Wildman–Crippen LogP) is 2.32. The molecule has 1 aromatic rings. The Balaban J connectivity index is 1.52. The molecule has 0 aromatic heterocycles. The average Bonchev–Trinajstić information content (AvgIpc) is 2.74. The summed E-state index contributed by atoms with van der Waals surface area (Å²) in [6, 6.07) is 9.50. The maximum absolute atomic E-state index is 12.1. The molecule has 2 amide bonds. The van der Waals surface area contributed by atoms with Crippen LogP contribution in [0.1, 0.15) is 68.5 Å². The van der Waals surface area contributed by atoms with E-state index in [1.54, 1.807) is 4.90 Å². The summed E-state index contributed by atoms with van der Waals surface area (Å²) < 4.78 is 0. The molecule has 6 nitrogen and oxygen atoms in total. The summed E-state index contributed by atoms with van der Waals surface area (Å²) in [4.78, 5) is 27.5. The van der Waals surface area contributed by atoms with Crippen LogP contribution in [0.25, 0.3) is 0 Å². The zero-order chi connectivity index (χ0) is 19.2. The van der Waals surface area contributed by atoms with E-state index in [4.69, 9.17) is 5.84 Å². The van der Waals surface area contributed by atoms with Crippen LogP contribution in [0.3, 0.4) is 0 Å². The largest absolute Gasteiger partial charge is 0.340 e. The van der Waals surface area contributed by atoms with Gasteiger partial charge >= 0.3 is 0 Å². The lowest BCUT2D eigenvalue weighted by Crippen LogP contribution is -2.50. The Kier molecular flexibility index (Phi) is 6.85. The molecular weight excluding hydrogens is 340 g/mol. The summed E-state index contributed by atoms with van der Waals surface area (Å²) in [5, 5.41) is 0. The molecule has 1 unspecified atom stereocenters. The third-order valence-electron chi connectivity index (χ3n) is 6.18. The van der Waals surface area contributed by atoms with E-state index in [0.717, 1.165) is 19.0 Å². The van der Waals surface area contributed by atoms with E-state index in [2.05, 4.69) is 36.1 Å². The van der Waals surface area contributed by atoms with E-state index in [0.29, 0.717) is 19.1 Å². The minimum Gasteiger partial charge on any atom is -0.340 e. The van der Waals surface area contributed by atoms with Gasteiger partial charge in [-0.3, -0.25) is 19.9 Å². The molecule has 1 atom stereocenters. The maximum atomic E-state index is 12.1. The van der Waals surface area contributed by atoms with Gasteiger partial charge in [-0.05, 0) is 36.8 Å². The van der Waals surface area contributed by atoms with Crippen molar-refractivity contribution in [3.05, 3.63) is 35.4 Å². The molecule has 1 saturated carbocycles. The molecule has 0 radical (unpaired) electrons. The molecule has 3 N–H and O–H groups in total. The molecule has 148 valence electrons.